The summed E-state index contributed by atoms with van der Waals surface area (Å²) < 4.78 is 20.5. The van der Waals surface area contributed by atoms with Gasteiger partial charge >= 0.3 is 0 Å². The Bertz CT molecular complexity index is 878. The molecule has 5 rings (SSSR count). The van der Waals surface area contributed by atoms with Crippen LogP contribution in [0.4, 0.5) is 0 Å². The smallest absolute Gasteiger partial charge is 0.191 e. The molecule has 39 heavy (non-hydrogen) atoms. The molecule has 226 valence electrons. The summed E-state index contributed by atoms with van der Waals surface area (Å²) in [6.45, 7) is 27.1. The first kappa shape index (κ1) is 30.5. The van der Waals surface area contributed by atoms with Gasteiger partial charge in [0.15, 0.2) is 14.1 Å². The molecule has 5 aliphatic rings. The van der Waals surface area contributed by atoms with Crippen molar-refractivity contribution < 1.29 is 13.9 Å². The summed E-state index contributed by atoms with van der Waals surface area (Å²) in [7, 11) is -1.78. The summed E-state index contributed by atoms with van der Waals surface area (Å²) in [6.07, 6.45) is 10.5. The van der Waals surface area contributed by atoms with Crippen molar-refractivity contribution >= 4 is 8.32 Å². The summed E-state index contributed by atoms with van der Waals surface area (Å²) in [6, 6.07) is 0. The van der Waals surface area contributed by atoms with Crippen LogP contribution in [-0.4, -0.2) is 40.0 Å². The molecule has 5 heteroatoms. The third-order valence-electron chi connectivity index (χ3n) is 14.1. The van der Waals surface area contributed by atoms with Crippen LogP contribution in [0.3, 0.4) is 0 Å². The molecule has 2 N–H and O–H groups in total. The SMILES string of the molecule is CC1CC[C@@]2(OC1)O[C@H]1C[C@H]3[C@H](CN)[C@@H]([C@@]4(C)CC[C@H](C)C[C@@H]4CO[Si](C)(C)C(C)(C)C)CC[C@]3(C)[C@H]1[C@@H]2C. The Morgan fingerprint density at radius 2 is 1.56 bits per heavy atom. The first-order valence-corrected chi connectivity index (χ1v) is 19.6. The highest BCUT2D eigenvalue weighted by Crippen LogP contribution is 2.69. The lowest BCUT2D eigenvalue weighted by atomic mass is 9.48. The summed E-state index contributed by atoms with van der Waals surface area (Å²) in [5, 5.41) is 0.256. The highest BCUT2D eigenvalue weighted by molar-refractivity contribution is 6.74. The van der Waals surface area contributed by atoms with Crippen molar-refractivity contribution in [2.75, 3.05) is 19.8 Å². The van der Waals surface area contributed by atoms with E-state index in [1.807, 2.05) is 0 Å². The molecule has 0 aromatic heterocycles. The van der Waals surface area contributed by atoms with Crippen LogP contribution in [-0.2, 0) is 13.9 Å². The molecule has 12 atom stereocenters. The van der Waals surface area contributed by atoms with E-state index in [0.717, 1.165) is 32.1 Å². The lowest BCUT2D eigenvalue weighted by molar-refractivity contribution is -0.272. The molecule has 5 fully saturated rings. The molecule has 1 unspecified atom stereocenters. The Balaban J connectivity index is 1.37. The molecular formula is C34H63NO3Si. The second kappa shape index (κ2) is 10.4. The standard InChI is InChI=1S/C34H63NO3Si/c1-22-11-14-32(7,25(17-22)21-37-39(9,10)31(4,5)6)27-13-15-33(8)28(26(27)19-35)18-29-30(33)24(3)34(38-29)16-12-23(2)20-36-34/h22-30H,11-21,35H2,1-10H3/t22-,23?,24-,25+,26+,27-,28-,29-,30-,32-,33-,34+/m0/s1. The Morgan fingerprint density at radius 1 is 0.897 bits per heavy atom. The third-order valence-corrected chi connectivity index (χ3v) is 18.6. The molecule has 3 aliphatic carbocycles. The van der Waals surface area contributed by atoms with Gasteiger partial charge in [0.1, 0.15) is 0 Å². The average molecular weight is 562 g/mol. The Hall–Kier alpha value is 0.0569. The first-order chi connectivity index (χ1) is 18.1. The Labute approximate surface area is 242 Å². The Kier molecular flexibility index (Phi) is 8.10. The normalized spacial score (nSPS) is 50.7. The van der Waals surface area contributed by atoms with E-state index in [4.69, 9.17) is 19.6 Å². The zero-order valence-electron chi connectivity index (χ0n) is 27.3. The molecule has 0 aromatic carbocycles. The third kappa shape index (κ3) is 4.94. The topological polar surface area (TPSA) is 53.7 Å². The highest BCUT2D eigenvalue weighted by Gasteiger charge is 2.68. The molecular weight excluding hydrogens is 498 g/mol. The van der Waals surface area contributed by atoms with Crippen molar-refractivity contribution in [2.24, 2.45) is 63.9 Å². The van der Waals surface area contributed by atoms with E-state index in [0.29, 0.717) is 58.4 Å². The minimum absolute atomic E-state index is 0.256. The molecule has 0 amide bonds. The molecule has 3 saturated carbocycles. The van der Waals surface area contributed by atoms with Crippen molar-refractivity contribution in [1.82, 2.24) is 0 Å². The van der Waals surface area contributed by atoms with Crippen LogP contribution in [0.5, 0.6) is 0 Å². The number of nitrogens with two attached hydrogens (primary N) is 1. The maximum absolute atomic E-state index is 6.99. The maximum Gasteiger partial charge on any atom is 0.191 e. The zero-order valence-corrected chi connectivity index (χ0v) is 28.3. The lowest BCUT2D eigenvalue weighted by Gasteiger charge is -2.58. The Morgan fingerprint density at radius 3 is 2.18 bits per heavy atom. The van der Waals surface area contributed by atoms with Gasteiger partial charge in [-0.15, -0.1) is 0 Å². The van der Waals surface area contributed by atoms with Gasteiger partial charge in [-0.3, -0.25) is 0 Å². The number of hydrogen-bond donors (Lipinski definition) is 1. The van der Waals surface area contributed by atoms with Crippen LogP contribution in [0.2, 0.25) is 18.1 Å². The summed E-state index contributed by atoms with van der Waals surface area (Å²) in [5.74, 6) is 4.76. The van der Waals surface area contributed by atoms with Gasteiger partial charge < -0.3 is 19.6 Å². The summed E-state index contributed by atoms with van der Waals surface area (Å²) in [4.78, 5) is 0. The molecule has 0 bridgehead atoms. The zero-order chi connectivity index (χ0) is 28.6. The van der Waals surface area contributed by atoms with Crippen LogP contribution >= 0.6 is 0 Å². The van der Waals surface area contributed by atoms with Gasteiger partial charge in [0, 0.05) is 18.9 Å². The number of fused-ring (bicyclic) bond motifs is 3. The van der Waals surface area contributed by atoms with Crippen molar-refractivity contribution in [3.8, 4) is 0 Å². The molecule has 2 aliphatic heterocycles. The quantitative estimate of drug-likeness (QED) is 0.343. The molecule has 0 radical (unpaired) electrons. The molecule has 0 aromatic rings. The van der Waals surface area contributed by atoms with Crippen LogP contribution in [0, 0.1) is 58.2 Å². The largest absolute Gasteiger partial charge is 0.417 e. The minimum atomic E-state index is -1.78. The van der Waals surface area contributed by atoms with Gasteiger partial charge in [-0.2, -0.15) is 0 Å². The monoisotopic (exact) mass is 561 g/mol. The van der Waals surface area contributed by atoms with Gasteiger partial charge in [0.25, 0.3) is 0 Å². The number of hydrogen-bond acceptors (Lipinski definition) is 4. The van der Waals surface area contributed by atoms with Crippen molar-refractivity contribution in [1.29, 1.82) is 0 Å². The van der Waals surface area contributed by atoms with Crippen molar-refractivity contribution in [3.63, 3.8) is 0 Å². The van der Waals surface area contributed by atoms with E-state index >= 15 is 0 Å². The van der Waals surface area contributed by atoms with Crippen molar-refractivity contribution in [3.05, 3.63) is 0 Å². The predicted octanol–water partition coefficient (Wildman–Crippen LogP) is 8.26. The van der Waals surface area contributed by atoms with Crippen molar-refractivity contribution in [2.45, 2.75) is 137 Å². The first-order valence-electron chi connectivity index (χ1n) is 16.7. The second-order valence-corrected chi connectivity index (χ2v) is 22.1. The fourth-order valence-corrected chi connectivity index (χ4v) is 11.4. The molecule has 2 heterocycles. The second-order valence-electron chi connectivity index (χ2n) is 17.3. The summed E-state index contributed by atoms with van der Waals surface area (Å²) in [5.41, 5.74) is 7.42. The van der Waals surface area contributed by atoms with Gasteiger partial charge in [0.2, 0.25) is 0 Å². The summed E-state index contributed by atoms with van der Waals surface area (Å²) >= 11 is 0. The van der Waals surface area contributed by atoms with E-state index in [1.54, 1.807) is 0 Å². The lowest BCUT2D eigenvalue weighted by Crippen LogP contribution is -2.55. The van der Waals surface area contributed by atoms with E-state index in [2.05, 4.69) is 68.5 Å². The van der Waals surface area contributed by atoms with Gasteiger partial charge in [-0.1, -0.05) is 61.8 Å². The van der Waals surface area contributed by atoms with Crippen LogP contribution in [0.25, 0.3) is 0 Å². The average Bonchev–Trinajstić information content (AvgIpc) is 3.30. The molecule has 4 nitrogen and oxygen atoms in total. The fourth-order valence-electron chi connectivity index (χ4n) is 10.4. The van der Waals surface area contributed by atoms with Gasteiger partial charge in [-0.25, -0.2) is 0 Å². The fraction of sp³-hybridized carbons (Fsp3) is 1.00. The number of rotatable bonds is 5. The minimum Gasteiger partial charge on any atom is -0.417 e. The van der Waals surface area contributed by atoms with E-state index in [1.165, 1.54) is 44.9 Å². The predicted molar refractivity (Wildman–Crippen MR) is 164 cm³/mol. The van der Waals surface area contributed by atoms with Crippen LogP contribution in [0.15, 0.2) is 0 Å². The van der Waals surface area contributed by atoms with E-state index in [-0.39, 0.29) is 10.8 Å². The number of ether oxygens (including phenoxy) is 2. The van der Waals surface area contributed by atoms with E-state index in [9.17, 15) is 0 Å². The molecule has 1 spiro atoms. The maximum atomic E-state index is 6.99. The highest BCUT2D eigenvalue weighted by atomic mass is 28.4. The molecule has 2 saturated heterocycles. The van der Waals surface area contributed by atoms with E-state index < -0.39 is 8.32 Å². The van der Waals surface area contributed by atoms with Gasteiger partial charge in [0.05, 0.1) is 12.7 Å². The van der Waals surface area contributed by atoms with Crippen LogP contribution < -0.4 is 5.73 Å². The van der Waals surface area contributed by atoms with Gasteiger partial charge in [-0.05, 0) is 115 Å². The van der Waals surface area contributed by atoms with Crippen LogP contribution in [0.1, 0.15) is 107 Å².